The number of rotatable bonds is 48. The zero-order valence-electron chi connectivity index (χ0n) is 41.6. The molecule has 0 aromatic heterocycles. The quantitative estimate of drug-likeness (QED) is 0.0262. The van der Waals surface area contributed by atoms with Crippen molar-refractivity contribution in [1.29, 1.82) is 0 Å². The van der Waals surface area contributed by atoms with Crippen LogP contribution >= 0.6 is 0 Å². The predicted octanol–water partition coefficient (Wildman–Crippen LogP) is 17.6. The van der Waals surface area contributed by atoms with Gasteiger partial charge in [0.2, 0.25) is 0 Å². The summed E-state index contributed by atoms with van der Waals surface area (Å²) in [4.78, 5) is 37.9. The summed E-state index contributed by atoms with van der Waals surface area (Å²) in [5.41, 5.74) is 0. The predicted molar refractivity (Wildman–Crippen MR) is 270 cm³/mol. The molecule has 0 aromatic carbocycles. The lowest BCUT2D eigenvalue weighted by Gasteiger charge is -2.18. The fourth-order valence-electron chi connectivity index (χ4n) is 7.37. The average Bonchev–Trinajstić information content (AvgIpc) is 3.28. The van der Waals surface area contributed by atoms with Crippen molar-refractivity contribution in [2.24, 2.45) is 0 Å². The van der Waals surface area contributed by atoms with Crippen molar-refractivity contribution in [3.8, 4) is 0 Å². The lowest BCUT2D eigenvalue weighted by atomic mass is 10.1. The number of unbranched alkanes of at least 4 members (excludes halogenated alkanes) is 27. The molecule has 6 nitrogen and oxygen atoms in total. The number of carbonyl (C=O) groups excluding carboxylic acids is 3. The summed E-state index contributed by atoms with van der Waals surface area (Å²) in [7, 11) is 0. The van der Waals surface area contributed by atoms with E-state index in [-0.39, 0.29) is 37.5 Å². The molecule has 0 aliphatic heterocycles. The van der Waals surface area contributed by atoms with Crippen LogP contribution in [-0.2, 0) is 28.6 Å². The third-order valence-corrected chi connectivity index (χ3v) is 11.5. The molecule has 1 unspecified atom stereocenters. The fourth-order valence-corrected chi connectivity index (χ4v) is 7.37. The Labute approximate surface area is 390 Å². The first-order valence-electron chi connectivity index (χ1n) is 26.8. The molecule has 63 heavy (non-hydrogen) atoms. The maximum absolute atomic E-state index is 12.8. The van der Waals surface area contributed by atoms with Gasteiger partial charge in [-0.15, -0.1) is 0 Å². The fraction of sp³-hybridized carbons (Fsp3) is 0.772. The molecule has 0 spiro atoms. The van der Waals surface area contributed by atoms with E-state index in [9.17, 15) is 14.4 Å². The maximum atomic E-state index is 12.8. The lowest BCUT2D eigenvalue weighted by molar-refractivity contribution is -0.167. The molecule has 0 heterocycles. The van der Waals surface area contributed by atoms with Crippen molar-refractivity contribution in [3.05, 3.63) is 60.8 Å². The van der Waals surface area contributed by atoms with Crippen LogP contribution < -0.4 is 0 Å². The van der Waals surface area contributed by atoms with E-state index in [4.69, 9.17) is 14.2 Å². The Morgan fingerprint density at radius 3 is 1.00 bits per heavy atom. The minimum atomic E-state index is -0.807. The summed E-state index contributed by atoms with van der Waals surface area (Å²) in [5, 5.41) is 0. The smallest absolute Gasteiger partial charge is 0.306 e. The summed E-state index contributed by atoms with van der Waals surface area (Å²) in [6, 6.07) is 0. The summed E-state index contributed by atoms with van der Waals surface area (Å²) in [6.45, 7) is 6.54. The lowest BCUT2D eigenvalue weighted by Crippen LogP contribution is -2.30. The van der Waals surface area contributed by atoms with Crippen LogP contribution in [0, 0.1) is 0 Å². The van der Waals surface area contributed by atoms with E-state index in [0.717, 1.165) is 83.5 Å². The molecule has 0 aromatic rings. The molecule has 6 heteroatoms. The van der Waals surface area contributed by atoms with Gasteiger partial charge in [-0.1, -0.05) is 210 Å². The summed E-state index contributed by atoms with van der Waals surface area (Å²) in [5.74, 6) is -0.972. The van der Waals surface area contributed by atoms with Gasteiger partial charge in [0.1, 0.15) is 13.2 Å². The SMILES string of the molecule is CCCC/C=C\CCCCCCC(=O)OCC(COC(=O)CCCCCCC/C=C\CCCCCCCCCCC)OC(=O)CCC/C=C\C/C=C\C/C=C\CCCCCCCC. The number of ether oxygens (including phenoxy) is 3. The van der Waals surface area contributed by atoms with Crippen molar-refractivity contribution >= 4 is 17.9 Å². The van der Waals surface area contributed by atoms with Crippen molar-refractivity contribution in [3.63, 3.8) is 0 Å². The van der Waals surface area contributed by atoms with Gasteiger partial charge in [-0.2, -0.15) is 0 Å². The van der Waals surface area contributed by atoms with Crippen LogP contribution in [0.5, 0.6) is 0 Å². The number of carbonyl (C=O) groups is 3. The van der Waals surface area contributed by atoms with E-state index in [1.54, 1.807) is 0 Å². The second kappa shape index (κ2) is 51.7. The largest absolute Gasteiger partial charge is 0.462 e. The van der Waals surface area contributed by atoms with Crippen molar-refractivity contribution in [1.82, 2.24) is 0 Å². The molecule has 0 rings (SSSR count). The molecule has 0 fully saturated rings. The van der Waals surface area contributed by atoms with Gasteiger partial charge >= 0.3 is 17.9 Å². The maximum Gasteiger partial charge on any atom is 0.306 e. The standard InChI is InChI=1S/C57H100O6/c1-4-7-10-13-16-19-22-24-26-28-30-31-33-35-38-41-44-47-50-56(59)62-53-54(52-61-55(58)49-46-43-40-37-21-18-15-12-9-6-3)63-57(60)51-48-45-42-39-36-34-32-29-27-25-23-20-17-14-11-8-5-2/h15,18,25,27,30-32,34,39,42,54H,4-14,16-17,19-24,26,28-29,33,35-38,40-41,43-53H2,1-3H3/b18-15-,27-25-,31-30-,34-32-,42-39-. The minimum absolute atomic E-state index is 0.102. The number of esters is 3. The van der Waals surface area contributed by atoms with Gasteiger partial charge in [0.25, 0.3) is 0 Å². The third kappa shape index (κ3) is 50.0. The molecule has 0 amide bonds. The zero-order chi connectivity index (χ0) is 45.8. The Bertz CT molecular complexity index is 1150. The average molecular weight is 881 g/mol. The highest BCUT2D eigenvalue weighted by molar-refractivity contribution is 5.71. The van der Waals surface area contributed by atoms with E-state index in [1.165, 1.54) is 135 Å². The van der Waals surface area contributed by atoms with Crippen LogP contribution in [0.25, 0.3) is 0 Å². The van der Waals surface area contributed by atoms with E-state index in [1.807, 2.05) is 0 Å². The second-order valence-corrected chi connectivity index (χ2v) is 17.8. The summed E-state index contributed by atoms with van der Waals surface area (Å²) >= 11 is 0. The van der Waals surface area contributed by atoms with Crippen LogP contribution in [0.4, 0.5) is 0 Å². The van der Waals surface area contributed by atoms with Gasteiger partial charge in [-0.25, -0.2) is 0 Å². The molecular weight excluding hydrogens is 781 g/mol. The van der Waals surface area contributed by atoms with Gasteiger partial charge in [-0.05, 0) is 96.3 Å². The molecule has 0 radical (unpaired) electrons. The molecule has 0 aliphatic rings. The first-order chi connectivity index (χ1) is 31.0. The second-order valence-electron chi connectivity index (χ2n) is 17.8. The van der Waals surface area contributed by atoms with Crippen LogP contribution in [0.2, 0.25) is 0 Å². The van der Waals surface area contributed by atoms with E-state index < -0.39 is 6.10 Å². The summed E-state index contributed by atoms with van der Waals surface area (Å²) in [6.07, 6.45) is 63.6. The van der Waals surface area contributed by atoms with Crippen molar-refractivity contribution in [2.45, 2.75) is 271 Å². The molecule has 0 saturated carbocycles. The van der Waals surface area contributed by atoms with Crippen molar-refractivity contribution < 1.29 is 28.6 Å². The van der Waals surface area contributed by atoms with E-state index in [0.29, 0.717) is 19.3 Å². The highest BCUT2D eigenvalue weighted by Crippen LogP contribution is 2.14. The third-order valence-electron chi connectivity index (χ3n) is 11.5. The highest BCUT2D eigenvalue weighted by atomic mass is 16.6. The molecule has 364 valence electrons. The van der Waals surface area contributed by atoms with Gasteiger partial charge in [0.05, 0.1) is 0 Å². The Kier molecular flexibility index (Phi) is 49.4. The Balaban J connectivity index is 4.42. The molecular formula is C57H100O6. The monoisotopic (exact) mass is 881 g/mol. The molecule has 0 saturated heterocycles. The topological polar surface area (TPSA) is 78.9 Å². The van der Waals surface area contributed by atoms with Gasteiger partial charge in [0, 0.05) is 19.3 Å². The first kappa shape index (κ1) is 60.1. The summed E-state index contributed by atoms with van der Waals surface area (Å²) < 4.78 is 16.7. The molecule has 0 aliphatic carbocycles. The molecule has 0 N–H and O–H groups in total. The van der Waals surface area contributed by atoms with E-state index in [2.05, 4.69) is 81.5 Å². The number of hydrogen-bond acceptors (Lipinski definition) is 6. The molecule has 0 bridgehead atoms. The van der Waals surface area contributed by atoms with Gasteiger partial charge < -0.3 is 14.2 Å². The molecule has 1 atom stereocenters. The Morgan fingerprint density at radius 2 is 0.603 bits per heavy atom. The minimum Gasteiger partial charge on any atom is -0.462 e. The van der Waals surface area contributed by atoms with Gasteiger partial charge in [0.15, 0.2) is 6.10 Å². The highest BCUT2D eigenvalue weighted by Gasteiger charge is 2.19. The normalized spacial score (nSPS) is 12.5. The van der Waals surface area contributed by atoms with Crippen molar-refractivity contribution in [2.75, 3.05) is 13.2 Å². The first-order valence-corrected chi connectivity index (χ1v) is 26.8. The van der Waals surface area contributed by atoms with E-state index >= 15 is 0 Å². The van der Waals surface area contributed by atoms with Gasteiger partial charge in [-0.3, -0.25) is 14.4 Å². The van der Waals surface area contributed by atoms with Crippen LogP contribution in [0.15, 0.2) is 60.8 Å². The Morgan fingerprint density at radius 1 is 0.317 bits per heavy atom. The number of hydrogen-bond donors (Lipinski definition) is 0. The van der Waals surface area contributed by atoms with Crippen LogP contribution in [0.3, 0.4) is 0 Å². The van der Waals surface area contributed by atoms with Crippen LogP contribution in [0.1, 0.15) is 265 Å². The zero-order valence-corrected chi connectivity index (χ0v) is 41.6. The van der Waals surface area contributed by atoms with Crippen LogP contribution in [-0.4, -0.2) is 37.2 Å². The number of allylic oxidation sites excluding steroid dienone is 10. The Hall–Kier alpha value is -2.89.